The molecular weight excluding hydrogens is 808 g/mol. The Bertz CT molecular complexity index is 2750. The lowest BCUT2D eigenvalue weighted by Crippen LogP contribution is -2.41. The second-order valence-electron chi connectivity index (χ2n) is 15.5. The Morgan fingerprint density at radius 3 is 1.34 bits per heavy atom. The third kappa shape index (κ3) is 6.43. The maximum absolute atomic E-state index is 12.5. The number of phenols is 9. The smallest absolute Gasteiger partial charge is 0.160 e. The number of hydrogen-bond donors (Lipinski definition) is 12. The van der Waals surface area contributed by atoms with E-state index in [-0.39, 0.29) is 85.6 Å². The Balaban J connectivity index is 1.38. The van der Waals surface area contributed by atoms with Gasteiger partial charge in [-0.2, -0.15) is 0 Å². The zero-order valence-corrected chi connectivity index (χ0v) is 32.5. The molecule has 0 saturated carbocycles. The van der Waals surface area contributed by atoms with Crippen LogP contribution in [0.2, 0.25) is 0 Å². The molecular formula is C46H40O16. The Labute approximate surface area is 351 Å². The van der Waals surface area contributed by atoms with Gasteiger partial charge in [-0.25, -0.2) is 0 Å². The van der Waals surface area contributed by atoms with Gasteiger partial charge in [0.2, 0.25) is 0 Å². The maximum Gasteiger partial charge on any atom is 0.160 e. The molecule has 0 aliphatic carbocycles. The van der Waals surface area contributed by atoms with E-state index in [1.807, 2.05) is 0 Å². The number of ether oxygens (including phenoxy) is 4. The van der Waals surface area contributed by atoms with Crippen LogP contribution in [0.4, 0.5) is 0 Å². The van der Waals surface area contributed by atoms with Crippen molar-refractivity contribution >= 4 is 0 Å². The fourth-order valence-electron chi connectivity index (χ4n) is 8.94. The Morgan fingerprint density at radius 2 is 0.887 bits per heavy atom. The SMILES string of the molecule is COc1ccc([C@H]2Oc3c(c4c(c5c3[C@@H](c3ccc(O)cc3O)[C@H](O)[C@H](c3ccc(O)c(O)c3)O5)[C@@H](c3ccc(O)cc3O)[C@H](O)[C@H](c3ccc(O)c(O)c3)O4)C[C@@H]2O)cc1O. The predicted octanol–water partition coefficient (Wildman–Crippen LogP) is 5.34. The summed E-state index contributed by atoms with van der Waals surface area (Å²) in [4.78, 5) is 0. The summed E-state index contributed by atoms with van der Waals surface area (Å²) in [7, 11) is 1.37. The summed E-state index contributed by atoms with van der Waals surface area (Å²) in [6, 6.07) is 19.4. The number of aliphatic hydroxyl groups is 3. The van der Waals surface area contributed by atoms with E-state index in [1.165, 1.54) is 79.9 Å². The third-order valence-electron chi connectivity index (χ3n) is 11.8. The Morgan fingerprint density at radius 1 is 0.452 bits per heavy atom. The number of methoxy groups -OCH3 is 1. The predicted molar refractivity (Wildman–Crippen MR) is 216 cm³/mol. The van der Waals surface area contributed by atoms with Gasteiger partial charge in [-0.15, -0.1) is 0 Å². The van der Waals surface area contributed by atoms with Crippen LogP contribution >= 0.6 is 0 Å². The normalized spacial score (nSPS) is 23.7. The molecule has 0 amide bonds. The number of hydrogen-bond acceptors (Lipinski definition) is 16. The number of aromatic hydroxyl groups is 9. The molecule has 3 heterocycles. The van der Waals surface area contributed by atoms with E-state index < -0.39 is 83.0 Å². The topological polar surface area (TPSA) is 280 Å². The van der Waals surface area contributed by atoms with Crippen LogP contribution in [-0.4, -0.2) is 86.7 Å². The average molecular weight is 849 g/mol. The Kier molecular flexibility index (Phi) is 9.65. The zero-order chi connectivity index (χ0) is 43.9. The van der Waals surface area contributed by atoms with Crippen LogP contribution in [0, 0.1) is 0 Å². The van der Waals surface area contributed by atoms with Crippen molar-refractivity contribution in [1.82, 2.24) is 0 Å². The molecule has 8 atom stereocenters. The van der Waals surface area contributed by atoms with E-state index in [9.17, 15) is 61.3 Å². The van der Waals surface area contributed by atoms with Gasteiger partial charge >= 0.3 is 0 Å². The monoisotopic (exact) mass is 848 g/mol. The first kappa shape index (κ1) is 40.0. The standard InChI is InChI=1S/C46H40O16/c1-59-34-11-4-18(14-32(34)55)41-33(56)17-25-44(60-41)37-35(23-7-5-21(47)15-28(23)51)40(58)43(20-3-10-27(50)31(54)13-20)62-46(37)38-36(24-8-6-22(48)16-29(24)52)39(57)42(61-45(25)38)19-2-9-26(49)30(53)12-19/h2-16,33,35-36,39-43,47-58H,17H2,1H3/t33-,35+,36+,39-,40-,41+,42-,43-/m0/s1. The largest absolute Gasteiger partial charge is 0.508 e. The summed E-state index contributed by atoms with van der Waals surface area (Å²) in [5.74, 6) is -6.42. The summed E-state index contributed by atoms with van der Waals surface area (Å²) in [5.41, 5.74) is 1.06. The molecule has 0 bridgehead atoms. The molecule has 0 radical (unpaired) electrons. The van der Waals surface area contributed by atoms with Gasteiger partial charge in [0.05, 0.1) is 13.2 Å². The van der Waals surface area contributed by atoms with Crippen molar-refractivity contribution in [2.24, 2.45) is 0 Å². The molecule has 9 rings (SSSR count). The minimum atomic E-state index is -1.65. The van der Waals surface area contributed by atoms with E-state index in [4.69, 9.17) is 18.9 Å². The zero-order valence-electron chi connectivity index (χ0n) is 32.5. The molecule has 0 saturated heterocycles. The first-order valence-corrected chi connectivity index (χ1v) is 19.4. The van der Waals surface area contributed by atoms with Gasteiger partial charge in [-0.3, -0.25) is 0 Å². The van der Waals surface area contributed by atoms with Gasteiger partial charge in [0.1, 0.15) is 58.6 Å². The summed E-state index contributed by atoms with van der Waals surface area (Å²) >= 11 is 0. The molecule has 16 heteroatoms. The van der Waals surface area contributed by atoms with Crippen LogP contribution in [0.15, 0.2) is 91.0 Å². The van der Waals surface area contributed by atoms with Crippen molar-refractivity contribution in [1.29, 1.82) is 0 Å². The first-order valence-electron chi connectivity index (χ1n) is 19.4. The molecule has 3 aliphatic rings. The van der Waals surface area contributed by atoms with Gasteiger partial charge in [0.15, 0.2) is 46.7 Å². The molecule has 0 unspecified atom stereocenters. The lowest BCUT2D eigenvalue weighted by molar-refractivity contribution is -0.0171. The molecule has 0 spiro atoms. The molecule has 62 heavy (non-hydrogen) atoms. The molecule has 320 valence electrons. The van der Waals surface area contributed by atoms with Crippen LogP contribution < -0.4 is 18.9 Å². The lowest BCUT2D eigenvalue weighted by Gasteiger charge is -2.46. The fourth-order valence-corrected chi connectivity index (χ4v) is 8.94. The number of rotatable bonds is 6. The van der Waals surface area contributed by atoms with E-state index in [0.29, 0.717) is 5.56 Å². The second kappa shape index (κ2) is 14.9. The van der Waals surface area contributed by atoms with Crippen molar-refractivity contribution < 1.29 is 80.2 Å². The van der Waals surface area contributed by atoms with Crippen LogP contribution in [0.5, 0.6) is 74.7 Å². The van der Waals surface area contributed by atoms with Gasteiger partial charge in [-0.05, 0) is 65.2 Å². The van der Waals surface area contributed by atoms with Crippen LogP contribution in [0.25, 0.3) is 0 Å². The molecule has 6 aromatic carbocycles. The molecule has 0 aromatic heterocycles. The van der Waals surface area contributed by atoms with E-state index >= 15 is 0 Å². The van der Waals surface area contributed by atoms with Crippen LogP contribution in [0.3, 0.4) is 0 Å². The minimum absolute atomic E-state index is 0.00902. The van der Waals surface area contributed by atoms with Crippen molar-refractivity contribution in [3.63, 3.8) is 0 Å². The summed E-state index contributed by atoms with van der Waals surface area (Å²) in [6.45, 7) is 0. The van der Waals surface area contributed by atoms with Gasteiger partial charge in [0.25, 0.3) is 0 Å². The Hall–Kier alpha value is -7.40. The molecule has 0 fully saturated rings. The molecule has 12 N–H and O–H groups in total. The van der Waals surface area contributed by atoms with Gasteiger partial charge in [0, 0.05) is 58.2 Å². The highest BCUT2D eigenvalue weighted by atomic mass is 16.5. The van der Waals surface area contributed by atoms with Gasteiger partial charge in [-0.1, -0.05) is 30.3 Å². The number of benzene rings is 6. The van der Waals surface area contributed by atoms with Gasteiger partial charge < -0.3 is 80.2 Å². The highest BCUT2D eigenvalue weighted by molar-refractivity contribution is 5.72. The summed E-state index contributed by atoms with van der Waals surface area (Å²) < 4.78 is 25.5. The second-order valence-corrected chi connectivity index (χ2v) is 15.5. The van der Waals surface area contributed by atoms with Crippen molar-refractivity contribution in [3.8, 4) is 74.7 Å². The van der Waals surface area contributed by atoms with Crippen molar-refractivity contribution in [3.05, 3.63) is 136 Å². The van der Waals surface area contributed by atoms with Crippen LogP contribution in [0.1, 0.15) is 74.7 Å². The van der Waals surface area contributed by atoms with E-state index in [2.05, 4.69) is 0 Å². The number of aliphatic hydroxyl groups excluding tert-OH is 3. The first-order chi connectivity index (χ1) is 29.6. The molecule has 6 aromatic rings. The quantitative estimate of drug-likeness (QED) is 0.0943. The molecule has 16 nitrogen and oxygen atoms in total. The number of fused-ring (bicyclic) bond motifs is 6. The van der Waals surface area contributed by atoms with E-state index in [1.54, 1.807) is 6.07 Å². The summed E-state index contributed by atoms with van der Waals surface area (Å²) in [6.07, 6.45) is -8.87. The lowest BCUT2D eigenvalue weighted by atomic mass is 9.72. The molecule has 3 aliphatic heterocycles. The van der Waals surface area contributed by atoms with Crippen molar-refractivity contribution in [2.75, 3.05) is 7.11 Å². The van der Waals surface area contributed by atoms with Crippen LogP contribution in [-0.2, 0) is 6.42 Å². The van der Waals surface area contributed by atoms with Crippen molar-refractivity contribution in [2.45, 2.75) is 54.9 Å². The highest BCUT2D eigenvalue weighted by Gasteiger charge is 2.52. The minimum Gasteiger partial charge on any atom is -0.508 e. The third-order valence-corrected chi connectivity index (χ3v) is 11.8. The average Bonchev–Trinajstić information content (AvgIpc) is 3.23. The summed E-state index contributed by atoms with van der Waals surface area (Å²) in [5, 5.41) is 133. The highest BCUT2D eigenvalue weighted by Crippen LogP contribution is 2.63. The maximum atomic E-state index is 12.5. The number of phenolic OH excluding ortho intramolecular Hbond substituents is 9. The fraction of sp³-hybridized carbons (Fsp3) is 0.217. The van der Waals surface area contributed by atoms with E-state index in [0.717, 1.165) is 12.1 Å².